The standard InChI is InChI=1S/C19H19N3O4S2/c1-12-6-4-5-7-16(12)18-20-21-19(26-18)27-13(2)17(23)14-8-10-15(11-9-14)22-28(3,24)25/h4-11,13,22H,1-3H3. The van der Waals surface area contributed by atoms with Crippen LogP contribution in [0.3, 0.4) is 0 Å². The zero-order chi connectivity index (χ0) is 20.3. The van der Waals surface area contributed by atoms with Gasteiger partial charge in [-0.05, 0) is 49.7 Å². The summed E-state index contributed by atoms with van der Waals surface area (Å²) in [5.41, 5.74) is 2.75. The van der Waals surface area contributed by atoms with E-state index in [0.29, 0.717) is 22.4 Å². The van der Waals surface area contributed by atoms with Crippen LogP contribution >= 0.6 is 11.8 Å². The molecule has 1 N–H and O–H groups in total. The van der Waals surface area contributed by atoms with Gasteiger partial charge in [-0.15, -0.1) is 10.2 Å². The van der Waals surface area contributed by atoms with E-state index in [1.54, 1.807) is 31.2 Å². The molecule has 0 aliphatic heterocycles. The lowest BCUT2D eigenvalue weighted by molar-refractivity contribution is 0.0993. The number of hydrogen-bond acceptors (Lipinski definition) is 7. The molecule has 0 spiro atoms. The Morgan fingerprint density at radius 1 is 1.11 bits per heavy atom. The molecule has 0 saturated heterocycles. The van der Waals surface area contributed by atoms with Crippen LogP contribution in [0.4, 0.5) is 5.69 Å². The molecule has 146 valence electrons. The second-order valence-corrected chi connectivity index (χ2v) is 9.30. The summed E-state index contributed by atoms with van der Waals surface area (Å²) >= 11 is 1.18. The van der Waals surface area contributed by atoms with Crippen molar-refractivity contribution in [3.05, 3.63) is 59.7 Å². The molecule has 7 nitrogen and oxygen atoms in total. The van der Waals surface area contributed by atoms with E-state index < -0.39 is 15.3 Å². The number of nitrogens with one attached hydrogen (secondary N) is 1. The summed E-state index contributed by atoms with van der Waals surface area (Å²) in [6.45, 7) is 3.72. The Balaban J connectivity index is 1.69. The van der Waals surface area contributed by atoms with Crippen molar-refractivity contribution in [3.63, 3.8) is 0 Å². The molecule has 9 heteroatoms. The SMILES string of the molecule is Cc1ccccc1-c1nnc(SC(C)C(=O)c2ccc(NS(C)(=O)=O)cc2)o1. The minimum absolute atomic E-state index is 0.119. The van der Waals surface area contributed by atoms with Crippen molar-refractivity contribution in [1.29, 1.82) is 0 Å². The van der Waals surface area contributed by atoms with E-state index in [1.165, 1.54) is 11.8 Å². The normalized spacial score (nSPS) is 12.5. The number of hydrogen-bond donors (Lipinski definition) is 1. The predicted octanol–water partition coefficient (Wildman–Crippen LogP) is 3.78. The highest BCUT2D eigenvalue weighted by Gasteiger charge is 2.20. The number of thioether (sulfide) groups is 1. The molecule has 1 aromatic heterocycles. The van der Waals surface area contributed by atoms with Crippen molar-refractivity contribution >= 4 is 33.3 Å². The maximum Gasteiger partial charge on any atom is 0.277 e. The second kappa shape index (κ2) is 8.15. The number of rotatable bonds is 7. The number of benzene rings is 2. The lowest BCUT2D eigenvalue weighted by atomic mass is 10.1. The van der Waals surface area contributed by atoms with Crippen molar-refractivity contribution < 1.29 is 17.6 Å². The van der Waals surface area contributed by atoms with Gasteiger partial charge in [-0.3, -0.25) is 9.52 Å². The molecule has 2 aromatic carbocycles. The van der Waals surface area contributed by atoms with Crippen LogP contribution in [0, 0.1) is 6.92 Å². The zero-order valence-corrected chi connectivity index (χ0v) is 17.2. The molecule has 1 heterocycles. The Labute approximate surface area is 167 Å². The monoisotopic (exact) mass is 417 g/mol. The number of aromatic nitrogens is 2. The number of ketones is 1. The van der Waals surface area contributed by atoms with Gasteiger partial charge in [0.25, 0.3) is 5.22 Å². The highest BCUT2D eigenvalue weighted by atomic mass is 32.2. The van der Waals surface area contributed by atoms with Crippen LogP contribution in [0.1, 0.15) is 22.8 Å². The molecule has 1 unspecified atom stereocenters. The molecule has 0 fully saturated rings. The van der Waals surface area contributed by atoms with Gasteiger partial charge in [0, 0.05) is 16.8 Å². The van der Waals surface area contributed by atoms with Crippen LogP contribution < -0.4 is 4.72 Å². The molecule has 1 atom stereocenters. The summed E-state index contributed by atoms with van der Waals surface area (Å²) in [4.78, 5) is 12.6. The third-order valence-corrected chi connectivity index (χ3v) is 5.44. The lowest BCUT2D eigenvalue weighted by Crippen LogP contribution is -2.14. The molecule has 0 aliphatic carbocycles. The average molecular weight is 418 g/mol. The smallest absolute Gasteiger partial charge is 0.277 e. The Hall–Kier alpha value is -2.65. The topological polar surface area (TPSA) is 102 Å². The highest BCUT2D eigenvalue weighted by molar-refractivity contribution is 8.00. The van der Waals surface area contributed by atoms with Gasteiger partial charge < -0.3 is 4.42 Å². The average Bonchev–Trinajstić information content (AvgIpc) is 3.09. The van der Waals surface area contributed by atoms with E-state index in [9.17, 15) is 13.2 Å². The molecule has 28 heavy (non-hydrogen) atoms. The molecule has 0 bridgehead atoms. The first-order valence-corrected chi connectivity index (χ1v) is 11.2. The Morgan fingerprint density at radius 2 is 1.79 bits per heavy atom. The van der Waals surface area contributed by atoms with Gasteiger partial charge in [0.15, 0.2) is 5.78 Å². The molecule has 0 amide bonds. The van der Waals surface area contributed by atoms with E-state index in [4.69, 9.17) is 4.42 Å². The fourth-order valence-corrected chi connectivity index (χ4v) is 3.86. The fourth-order valence-electron chi connectivity index (χ4n) is 2.54. The van der Waals surface area contributed by atoms with E-state index in [0.717, 1.165) is 17.4 Å². The van der Waals surface area contributed by atoms with Crippen LogP contribution in [-0.4, -0.2) is 35.9 Å². The molecule has 0 radical (unpaired) electrons. The van der Waals surface area contributed by atoms with E-state index >= 15 is 0 Å². The van der Waals surface area contributed by atoms with Gasteiger partial charge in [0.1, 0.15) is 0 Å². The number of carbonyl (C=O) groups is 1. The minimum Gasteiger partial charge on any atom is -0.411 e. The summed E-state index contributed by atoms with van der Waals surface area (Å²) in [5, 5.41) is 7.95. The first kappa shape index (κ1) is 20.1. The van der Waals surface area contributed by atoms with Crippen LogP contribution in [0.2, 0.25) is 0 Å². The number of aryl methyl sites for hydroxylation is 1. The number of anilines is 1. The van der Waals surface area contributed by atoms with Crippen LogP contribution in [0.15, 0.2) is 58.2 Å². The second-order valence-electron chi connectivity index (χ2n) is 6.26. The highest BCUT2D eigenvalue weighted by Crippen LogP contribution is 2.29. The molecular weight excluding hydrogens is 398 g/mol. The Kier molecular flexibility index (Phi) is 5.85. The predicted molar refractivity (Wildman–Crippen MR) is 109 cm³/mol. The molecule has 3 rings (SSSR count). The summed E-state index contributed by atoms with van der Waals surface area (Å²) in [5.74, 6) is 0.294. The van der Waals surface area contributed by atoms with Gasteiger partial charge in [-0.25, -0.2) is 8.42 Å². The van der Waals surface area contributed by atoms with Gasteiger partial charge in [0.05, 0.1) is 11.5 Å². The van der Waals surface area contributed by atoms with Crippen molar-refractivity contribution in [2.24, 2.45) is 0 Å². The number of carbonyl (C=O) groups excluding carboxylic acids is 1. The maximum absolute atomic E-state index is 12.6. The summed E-state index contributed by atoms with van der Waals surface area (Å²) in [7, 11) is -3.36. The van der Waals surface area contributed by atoms with Gasteiger partial charge in [0.2, 0.25) is 15.9 Å². The third-order valence-electron chi connectivity index (χ3n) is 3.90. The fraction of sp³-hybridized carbons (Fsp3) is 0.211. The van der Waals surface area contributed by atoms with Crippen molar-refractivity contribution in [1.82, 2.24) is 10.2 Å². The number of Topliss-reactive ketones (excluding diaryl/α,β-unsaturated/α-hetero) is 1. The Bertz CT molecular complexity index is 1090. The molecular formula is C19H19N3O4S2. The van der Waals surface area contributed by atoms with Gasteiger partial charge >= 0.3 is 0 Å². The lowest BCUT2D eigenvalue weighted by Gasteiger charge is -2.09. The van der Waals surface area contributed by atoms with E-state index in [2.05, 4.69) is 14.9 Å². The van der Waals surface area contributed by atoms with Gasteiger partial charge in [-0.1, -0.05) is 30.0 Å². The Morgan fingerprint density at radius 3 is 2.43 bits per heavy atom. The minimum atomic E-state index is -3.36. The molecule has 0 saturated carbocycles. The van der Waals surface area contributed by atoms with Crippen LogP contribution in [0.25, 0.3) is 11.5 Å². The van der Waals surface area contributed by atoms with Gasteiger partial charge in [-0.2, -0.15) is 0 Å². The first-order valence-electron chi connectivity index (χ1n) is 8.41. The van der Waals surface area contributed by atoms with Crippen molar-refractivity contribution in [2.75, 3.05) is 11.0 Å². The maximum atomic E-state index is 12.6. The quantitative estimate of drug-likeness (QED) is 0.461. The van der Waals surface area contributed by atoms with Crippen molar-refractivity contribution in [3.8, 4) is 11.5 Å². The van der Waals surface area contributed by atoms with E-state index in [-0.39, 0.29) is 5.78 Å². The van der Waals surface area contributed by atoms with Crippen molar-refractivity contribution in [2.45, 2.75) is 24.3 Å². The van der Waals surface area contributed by atoms with Crippen LogP contribution in [-0.2, 0) is 10.0 Å². The third kappa shape index (κ3) is 4.99. The molecule has 0 aliphatic rings. The first-order chi connectivity index (χ1) is 13.2. The number of nitrogens with zero attached hydrogens (tertiary/aromatic N) is 2. The van der Waals surface area contributed by atoms with Crippen LogP contribution in [0.5, 0.6) is 0 Å². The summed E-state index contributed by atoms with van der Waals surface area (Å²) < 4.78 is 30.6. The zero-order valence-electron chi connectivity index (χ0n) is 15.5. The number of sulfonamides is 1. The summed E-state index contributed by atoms with van der Waals surface area (Å²) in [6.07, 6.45) is 1.07. The molecule has 3 aromatic rings. The largest absolute Gasteiger partial charge is 0.411 e. The summed E-state index contributed by atoms with van der Waals surface area (Å²) in [6, 6.07) is 14.0. The van der Waals surface area contributed by atoms with E-state index in [1.807, 2.05) is 31.2 Å².